The van der Waals surface area contributed by atoms with Gasteiger partial charge in [-0.3, -0.25) is 0 Å². The van der Waals surface area contributed by atoms with E-state index in [1.165, 1.54) is 0 Å². The predicted molar refractivity (Wildman–Crippen MR) is 87.6 cm³/mol. The number of rotatable bonds is 3. The standard InChI is InChI=1S/C19H14N2O2/c1-13-4-2-5-16(12-13)18-20-19(23-21-18)15-9-7-14(8-10-15)17-6-3-11-22-17/h2-12H,1H3. The molecule has 0 aliphatic heterocycles. The molecule has 0 unspecified atom stereocenters. The maximum atomic E-state index is 5.39. The largest absolute Gasteiger partial charge is 0.464 e. The lowest BCUT2D eigenvalue weighted by Crippen LogP contribution is -1.82. The van der Waals surface area contributed by atoms with Gasteiger partial charge in [-0.1, -0.05) is 41.1 Å². The summed E-state index contributed by atoms with van der Waals surface area (Å²) in [6, 6.07) is 19.7. The first-order valence-corrected chi connectivity index (χ1v) is 7.35. The summed E-state index contributed by atoms with van der Waals surface area (Å²) in [5.41, 5.74) is 4.01. The summed E-state index contributed by atoms with van der Waals surface area (Å²) in [7, 11) is 0. The Morgan fingerprint density at radius 1 is 0.826 bits per heavy atom. The van der Waals surface area contributed by atoms with Crippen LogP contribution < -0.4 is 0 Å². The smallest absolute Gasteiger partial charge is 0.258 e. The third kappa shape index (κ3) is 2.66. The number of benzene rings is 2. The van der Waals surface area contributed by atoms with E-state index < -0.39 is 0 Å². The van der Waals surface area contributed by atoms with Crippen LogP contribution in [0.5, 0.6) is 0 Å². The minimum Gasteiger partial charge on any atom is -0.464 e. The second-order valence-electron chi connectivity index (χ2n) is 5.35. The van der Waals surface area contributed by atoms with Crippen molar-refractivity contribution in [3.8, 4) is 34.2 Å². The van der Waals surface area contributed by atoms with Crippen molar-refractivity contribution in [2.45, 2.75) is 6.92 Å². The Bertz CT molecular complexity index is 922. The van der Waals surface area contributed by atoms with Gasteiger partial charge in [0.05, 0.1) is 6.26 Å². The fraction of sp³-hybridized carbons (Fsp3) is 0.0526. The van der Waals surface area contributed by atoms with Crippen LogP contribution >= 0.6 is 0 Å². The highest BCUT2D eigenvalue weighted by Crippen LogP contribution is 2.26. The molecule has 0 amide bonds. The summed E-state index contributed by atoms with van der Waals surface area (Å²) in [5, 5.41) is 4.07. The number of aryl methyl sites for hydroxylation is 1. The van der Waals surface area contributed by atoms with Crippen LogP contribution in [0.2, 0.25) is 0 Å². The molecule has 4 heteroatoms. The van der Waals surface area contributed by atoms with Crippen LogP contribution in [0.15, 0.2) is 75.9 Å². The zero-order valence-electron chi connectivity index (χ0n) is 12.6. The van der Waals surface area contributed by atoms with Gasteiger partial charge in [0.2, 0.25) is 5.82 Å². The van der Waals surface area contributed by atoms with Crippen molar-refractivity contribution in [1.29, 1.82) is 0 Å². The summed E-state index contributed by atoms with van der Waals surface area (Å²) < 4.78 is 10.8. The van der Waals surface area contributed by atoms with Crippen molar-refractivity contribution in [2.24, 2.45) is 0 Å². The molecule has 112 valence electrons. The zero-order valence-corrected chi connectivity index (χ0v) is 12.6. The van der Waals surface area contributed by atoms with Crippen LogP contribution in [0.4, 0.5) is 0 Å². The number of hydrogen-bond acceptors (Lipinski definition) is 4. The van der Waals surface area contributed by atoms with E-state index in [0.717, 1.165) is 28.0 Å². The van der Waals surface area contributed by atoms with Gasteiger partial charge in [-0.2, -0.15) is 4.98 Å². The minimum absolute atomic E-state index is 0.507. The lowest BCUT2D eigenvalue weighted by atomic mass is 10.1. The van der Waals surface area contributed by atoms with Crippen molar-refractivity contribution in [3.05, 3.63) is 72.5 Å². The van der Waals surface area contributed by atoms with Crippen LogP contribution in [-0.4, -0.2) is 10.1 Å². The number of aromatic nitrogens is 2. The molecule has 4 nitrogen and oxygen atoms in total. The molecular weight excluding hydrogens is 288 g/mol. The van der Waals surface area contributed by atoms with Crippen molar-refractivity contribution in [2.75, 3.05) is 0 Å². The second kappa shape index (κ2) is 5.57. The third-order valence-electron chi connectivity index (χ3n) is 3.64. The fourth-order valence-corrected chi connectivity index (χ4v) is 2.46. The van der Waals surface area contributed by atoms with Crippen molar-refractivity contribution in [1.82, 2.24) is 10.1 Å². The van der Waals surface area contributed by atoms with E-state index in [4.69, 9.17) is 8.94 Å². The summed E-state index contributed by atoms with van der Waals surface area (Å²) in [5.74, 6) is 1.94. The van der Waals surface area contributed by atoms with E-state index in [2.05, 4.69) is 10.1 Å². The molecular formula is C19H14N2O2. The van der Waals surface area contributed by atoms with Crippen molar-refractivity contribution < 1.29 is 8.94 Å². The lowest BCUT2D eigenvalue weighted by Gasteiger charge is -1.98. The first-order valence-electron chi connectivity index (χ1n) is 7.35. The topological polar surface area (TPSA) is 52.1 Å². The fourth-order valence-electron chi connectivity index (χ4n) is 2.46. The Balaban J connectivity index is 1.64. The van der Waals surface area contributed by atoms with E-state index in [-0.39, 0.29) is 0 Å². The van der Waals surface area contributed by atoms with Crippen LogP contribution in [0.3, 0.4) is 0 Å². The second-order valence-corrected chi connectivity index (χ2v) is 5.35. The Morgan fingerprint density at radius 2 is 1.65 bits per heavy atom. The van der Waals surface area contributed by atoms with Gasteiger partial charge < -0.3 is 8.94 Å². The van der Waals surface area contributed by atoms with E-state index in [9.17, 15) is 0 Å². The Kier molecular flexibility index (Phi) is 3.27. The van der Waals surface area contributed by atoms with Gasteiger partial charge in [0.1, 0.15) is 5.76 Å². The lowest BCUT2D eigenvalue weighted by molar-refractivity contribution is 0.432. The van der Waals surface area contributed by atoms with E-state index in [1.807, 2.05) is 67.6 Å². The zero-order chi connectivity index (χ0) is 15.6. The quantitative estimate of drug-likeness (QED) is 0.536. The highest BCUT2D eigenvalue weighted by molar-refractivity contribution is 5.65. The van der Waals surface area contributed by atoms with E-state index in [1.54, 1.807) is 6.26 Å². The van der Waals surface area contributed by atoms with Crippen LogP contribution in [0, 0.1) is 6.92 Å². The van der Waals surface area contributed by atoms with Crippen molar-refractivity contribution >= 4 is 0 Å². The third-order valence-corrected chi connectivity index (χ3v) is 3.64. The molecule has 0 radical (unpaired) electrons. The Morgan fingerprint density at radius 3 is 2.39 bits per heavy atom. The average molecular weight is 302 g/mol. The molecule has 0 bridgehead atoms. The molecule has 2 aromatic heterocycles. The van der Waals surface area contributed by atoms with Gasteiger partial charge in [0.25, 0.3) is 5.89 Å². The van der Waals surface area contributed by atoms with E-state index >= 15 is 0 Å². The highest BCUT2D eigenvalue weighted by atomic mass is 16.5. The number of furan rings is 1. The molecule has 2 aromatic carbocycles. The Hall–Kier alpha value is -3.14. The minimum atomic E-state index is 0.507. The molecule has 0 atom stereocenters. The molecule has 2 heterocycles. The van der Waals surface area contributed by atoms with Crippen LogP contribution in [0.1, 0.15) is 5.56 Å². The van der Waals surface area contributed by atoms with Gasteiger partial charge in [0, 0.05) is 16.7 Å². The summed E-state index contributed by atoms with van der Waals surface area (Å²) in [4.78, 5) is 4.48. The monoisotopic (exact) mass is 302 g/mol. The normalized spacial score (nSPS) is 10.8. The molecule has 23 heavy (non-hydrogen) atoms. The van der Waals surface area contributed by atoms with Crippen molar-refractivity contribution in [3.63, 3.8) is 0 Å². The SMILES string of the molecule is Cc1cccc(-c2noc(-c3ccc(-c4ccco4)cc3)n2)c1. The van der Waals surface area contributed by atoms with Gasteiger partial charge in [-0.25, -0.2) is 0 Å². The predicted octanol–water partition coefficient (Wildman–Crippen LogP) is 4.97. The first-order chi connectivity index (χ1) is 11.3. The molecule has 0 aliphatic carbocycles. The molecule has 0 aliphatic rings. The van der Waals surface area contributed by atoms with Crippen LogP contribution in [-0.2, 0) is 0 Å². The summed E-state index contributed by atoms with van der Waals surface area (Å²) in [6.45, 7) is 2.04. The molecule has 0 N–H and O–H groups in total. The van der Waals surface area contributed by atoms with Crippen LogP contribution in [0.25, 0.3) is 34.2 Å². The molecule has 0 saturated carbocycles. The van der Waals surface area contributed by atoms with E-state index in [0.29, 0.717) is 11.7 Å². The van der Waals surface area contributed by atoms with Gasteiger partial charge in [-0.15, -0.1) is 0 Å². The summed E-state index contributed by atoms with van der Waals surface area (Å²) in [6.07, 6.45) is 1.66. The molecule has 4 aromatic rings. The highest BCUT2D eigenvalue weighted by Gasteiger charge is 2.11. The molecule has 0 fully saturated rings. The molecule has 0 saturated heterocycles. The number of hydrogen-bond donors (Lipinski definition) is 0. The Labute approximate surface area is 133 Å². The van der Waals surface area contributed by atoms with Gasteiger partial charge in [-0.05, 0) is 37.3 Å². The maximum Gasteiger partial charge on any atom is 0.258 e. The number of nitrogens with zero attached hydrogens (tertiary/aromatic N) is 2. The molecule has 4 rings (SSSR count). The summed E-state index contributed by atoms with van der Waals surface area (Å²) >= 11 is 0. The molecule has 0 spiro atoms. The average Bonchev–Trinajstić information content (AvgIpc) is 3.27. The maximum absolute atomic E-state index is 5.39. The van der Waals surface area contributed by atoms with Gasteiger partial charge >= 0.3 is 0 Å². The van der Waals surface area contributed by atoms with Gasteiger partial charge in [0.15, 0.2) is 0 Å². The first kappa shape index (κ1) is 13.5.